The van der Waals surface area contributed by atoms with Crippen LogP contribution in [0.4, 0.5) is 0 Å². The van der Waals surface area contributed by atoms with Crippen molar-refractivity contribution in [2.45, 2.75) is 32.0 Å². The van der Waals surface area contributed by atoms with Crippen LogP contribution in [0.1, 0.15) is 31.4 Å². The summed E-state index contributed by atoms with van der Waals surface area (Å²) in [6.45, 7) is 7.22. The molecule has 0 saturated carbocycles. The molecule has 0 aliphatic carbocycles. The molecular weight excluding hydrogens is 386 g/mol. The molecule has 30 heavy (non-hydrogen) atoms. The molecule has 0 spiro atoms. The third kappa shape index (κ3) is 5.93. The second-order valence-electron chi connectivity index (χ2n) is 7.30. The second kappa shape index (κ2) is 10.1. The van der Waals surface area contributed by atoms with Crippen LogP contribution in [0.2, 0.25) is 0 Å². The smallest absolute Gasteiger partial charge is 0.248 e. The maximum atomic E-state index is 11.6. The van der Waals surface area contributed by atoms with Crippen LogP contribution in [0.25, 0.3) is 0 Å². The first-order valence-electron chi connectivity index (χ1n) is 9.90. The van der Waals surface area contributed by atoms with Crippen LogP contribution < -0.4 is 10.5 Å². The summed E-state index contributed by atoms with van der Waals surface area (Å²) in [5.41, 5.74) is 6.20. The minimum Gasteiger partial charge on any atom is -0.487 e. The van der Waals surface area contributed by atoms with E-state index in [1.807, 2.05) is 6.07 Å². The lowest BCUT2D eigenvalue weighted by Crippen LogP contribution is -2.43. The Hall–Kier alpha value is -3.13. The number of piperidine rings is 1. The van der Waals surface area contributed by atoms with Gasteiger partial charge in [0.05, 0.1) is 19.3 Å². The van der Waals surface area contributed by atoms with Crippen LogP contribution >= 0.6 is 0 Å². The lowest BCUT2D eigenvalue weighted by atomic mass is 10.1. The fraction of sp³-hybridized carbons (Fsp3) is 0.409. The number of pyridine rings is 1. The van der Waals surface area contributed by atoms with Gasteiger partial charge in [-0.1, -0.05) is 12.7 Å². The molecule has 8 heteroatoms. The van der Waals surface area contributed by atoms with E-state index >= 15 is 0 Å². The molecule has 3 heterocycles. The highest BCUT2D eigenvalue weighted by Gasteiger charge is 2.24. The lowest BCUT2D eigenvalue weighted by Gasteiger charge is -2.32. The normalized spacial score (nSPS) is 23.2. The van der Waals surface area contributed by atoms with E-state index in [1.165, 1.54) is 6.08 Å². The number of nitrogens with zero attached hydrogens (tertiary/aromatic N) is 2. The average molecular weight is 413 g/mol. The van der Waals surface area contributed by atoms with E-state index in [0.29, 0.717) is 31.3 Å². The number of primary amides is 1. The van der Waals surface area contributed by atoms with Crippen LogP contribution in [0.5, 0.6) is 5.75 Å². The van der Waals surface area contributed by atoms with Crippen LogP contribution in [-0.4, -0.2) is 54.1 Å². The molecule has 0 aromatic carbocycles. The first-order valence-corrected chi connectivity index (χ1v) is 9.90. The Balaban J connectivity index is 1.63. The van der Waals surface area contributed by atoms with Crippen LogP contribution in [0.3, 0.4) is 0 Å². The summed E-state index contributed by atoms with van der Waals surface area (Å²) in [4.78, 5) is 28.7. The molecule has 2 saturated heterocycles. The van der Waals surface area contributed by atoms with E-state index in [1.54, 1.807) is 36.4 Å². The highest BCUT2D eigenvalue weighted by molar-refractivity contribution is 5.94. The molecule has 0 radical (unpaired) electrons. The highest BCUT2D eigenvalue weighted by Crippen LogP contribution is 2.28. The summed E-state index contributed by atoms with van der Waals surface area (Å²) in [6, 6.07) is 1.89. The minimum absolute atomic E-state index is 0.0535. The Morgan fingerprint density at radius 2 is 2.23 bits per heavy atom. The summed E-state index contributed by atoms with van der Waals surface area (Å²) < 4.78 is 17.7. The number of hydrogen-bond acceptors (Lipinski definition) is 6. The molecule has 160 valence electrons. The van der Waals surface area contributed by atoms with Gasteiger partial charge in [0, 0.05) is 30.8 Å². The quantitative estimate of drug-likeness (QED) is 0.565. The fourth-order valence-electron chi connectivity index (χ4n) is 3.31. The number of allylic oxidation sites excluding steroid dienone is 2. The third-order valence-corrected chi connectivity index (χ3v) is 4.94. The van der Waals surface area contributed by atoms with E-state index in [-0.39, 0.29) is 23.7 Å². The maximum absolute atomic E-state index is 11.6. The van der Waals surface area contributed by atoms with E-state index in [2.05, 4.69) is 11.6 Å². The van der Waals surface area contributed by atoms with Crippen LogP contribution in [0.15, 0.2) is 54.6 Å². The number of carbonyl (C=O) groups is 2. The van der Waals surface area contributed by atoms with Crippen molar-refractivity contribution in [3.63, 3.8) is 0 Å². The van der Waals surface area contributed by atoms with Gasteiger partial charge < -0.3 is 24.8 Å². The number of aromatic nitrogens is 1. The molecule has 1 aromatic rings. The molecule has 8 nitrogen and oxygen atoms in total. The lowest BCUT2D eigenvalue weighted by molar-refractivity contribution is -0.131. The van der Waals surface area contributed by atoms with Crippen molar-refractivity contribution in [3.8, 4) is 5.75 Å². The molecule has 2 N–H and O–H groups in total. The molecule has 3 rings (SSSR count). The zero-order chi connectivity index (χ0) is 21.5. The van der Waals surface area contributed by atoms with Crippen molar-refractivity contribution >= 4 is 11.8 Å². The number of rotatable bonds is 6. The van der Waals surface area contributed by atoms with Gasteiger partial charge in [-0.05, 0) is 31.1 Å². The molecule has 2 atom stereocenters. The molecule has 2 aliphatic heterocycles. The molecule has 2 aliphatic rings. The largest absolute Gasteiger partial charge is 0.487 e. The van der Waals surface area contributed by atoms with Crippen LogP contribution in [-0.2, 0) is 19.1 Å². The van der Waals surface area contributed by atoms with E-state index in [0.717, 1.165) is 24.9 Å². The Kier molecular flexibility index (Phi) is 7.24. The zero-order valence-corrected chi connectivity index (χ0v) is 17.1. The minimum atomic E-state index is -0.574. The van der Waals surface area contributed by atoms with Gasteiger partial charge in [-0.3, -0.25) is 14.6 Å². The number of ether oxygens (including phenoxy) is 3. The average Bonchev–Trinajstić information content (AvgIpc) is 2.74. The van der Waals surface area contributed by atoms with Crippen molar-refractivity contribution in [3.05, 3.63) is 60.2 Å². The SMILES string of the molecule is C=C(/C=C\C=C1/COCC(c2cncc(O[C@@H]3CCCN(C(C)=O)C3)c2)O1)C(N)=O. The van der Waals surface area contributed by atoms with Crippen molar-refractivity contribution in [1.82, 2.24) is 9.88 Å². The van der Waals surface area contributed by atoms with Crippen molar-refractivity contribution in [2.24, 2.45) is 5.73 Å². The van der Waals surface area contributed by atoms with Crippen molar-refractivity contribution in [1.29, 1.82) is 0 Å². The molecule has 1 unspecified atom stereocenters. The second-order valence-corrected chi connectivity index (χ2v) is 7.30. The molecule has 1 aromatic heterocycles. The Morgan fingerprint density at radius 1 is 1.40 bits per heavy atom. The molecule has 2 fully saturated rings. The van der Waals surface area contributed by atoms with Gasteiger partial charge in [0.25, 0.3) is 0 Å². The predicted octanol–water partition coefficient (Wildman–Crippen LogP) is 2.04. The van der Waals surface area contributed by atoms with Crippen molar-refractivity contribution in [2.75, 3.05) is 26.3 Å². The van der Waals surface area contributed by atoms with Gasteiger partial charge >= 0.3 is 0 Å². The van der Waals surface area contributed by atoms with E-state index in [4.69, 9.17) is 19.9 Å². The van der Waals surface area contributed by atoms with Crippen LogP contribution in [0, 0.1) is 0 Å². The number of carbonyl (C=O) groups excluding carboxylic acids is 2. The van der Waals surface area contributed by atoms with Gasteiger partial charge in [0.1, 0.15) is 30.3 Å². The number of amides is 2. The Bertz CT molecular complexity index is 864. The van der Waals surface area contributed by atoms with E-state index in [9.17, 15) is 9.59 Å². The summed E-state index contributed by atoms with van der Waals surface area (Å²) >= 11 is 0. The first kappa shape index (κ1) is 21.6. The van der Waals surface area contributed by atoms with Gasteiger partial charge in [-0.25, -0.2) is 0 Å². The Morgan fingerprint density at radius 3 is 3.00 bits per heavy atom. The zero-order valence-electron chi connectivity index (χ0n) is 17.1. The monoisotopic (exact) mass is 413 g/mol. The summed E-state index contributed by atoms with van der Waals surface area (Å²) in [5.74, 6) is 0.752. The summed E-state index contributed by atoms with van der Waals surface area (Å²) in [5, 5.41) is 0. The molecular formula is C22H27N3O5. The Labute approximate surface area is 176 Å². The molecule has 2 amide bonds. The summed E-state index contributed by atoms with van der Waals surface area (Å²) in [6.07, 6.45) is 9.70. The number of nitrogens with two attached hydrogens (primary N) is 1. The number of likely N-dealkylation sites (tertiary alicyclic amines) is 1. The number of hydrogen-bond donors (Lipinski definition) is 1. The standard InChI is InChI=1S/C22H27N3O5/c1-15(22(23)27)5-3-6-19-13-28-14-21(30-19)17-9-20(11-24-10-17)29-18-7-4-8-25(12-18)16(2)26/h3,5-6,9-11,18,21H,1,4,7-8,12-14H2,2H3,(H2,23,27)/b5-3-,19-6+/t18-,21?/m1/s1. The van der Waals surface area contributed by atoms with Crippen molar-refractivity contribution < 1.29 is 23.8 Å². The van der Waals surface area contributed by atoms with Gasteiger partial charge in [0.15, 0.2) is 0 Å². The summed E-state index contributed by atoms with van der Waals surface area (Å²) in [7, 11) is 0. The maximum Gasteiger partial charge on any atom is 0.248 e. The fourth-order valence-corrected chi connectivity index (χ4v) is 3.31. The predicted molar refractivity (Wildman–Crippen MR) is 110 cm³/mol. The third-order valence-electron chi connectivity index (χ3n) is 4.94. The topological polar surface area (TPSA) is 104 Å². The van der Waals surface area contributed by atoms with Gasteiger partial charge in [-0.15, -0.1) is 0 Å². The van der Waals surface area contributed by atoms with E-state index < -0.39 is 5.91 Å². The first-order chi connectivity index (χ1) is 14.4. The van der Waals surface area contributed by atoms with Gasteiger partial charge in [0.2, 0.25) is 11.8 Å². The highest BCUT2D eigenvalue weighted by atomic mass is 16.6. The molecule has 0 bridgehead atoms. The van der Waals surface area contributed by atoms with Gasteiger partial charge in [-0.2, -0.15) is 0 Å².